The monoisotopic (exact) mass is 336 g/mol. The van der Waals surface area contributed by atoms with E-state index >= 15 is 0 Å². The summed E-state index contributed by atoms with van der Waals surface area (Å²) in [5.74, 6) is -1.27. The van der Waals surface area contributed by atoms with E-state index in [4.69, 9.17) is 17.3 Å². The highest BCUT2D eigenvalue weighted by Crippen LogP contribution is 2.18. The van der Waals surface area contributed by atoms with Gasteiger partial charge in [0.05, 0.1) is 17.7 Å². The van der Waals surface area contributed by atoms with Crippen LogP contribution < -0.4 is 10.6 Å². The number of carbonyl (C=O) groups excluding carboxylic acids is 1. The molecule has 0 saturated heterocycles. The number of anilines is 1. The molecule has 23 heavy (non-hydrogen) atoms. The summed E-state index contributed by atoms with van der Waals surface area (Å²) in [6.45, 7) is 0.128. The SMILES string of the molecule is CN(CC(O)C(N)C(=O)c1ccccc1F)c1ccc(Cl)cc1. The predicted molar refractivity (Wildman–Crippen MR) is 89.4 cm³/mol. The Morgan fingerprint density at radius 3 is 2.48 bits per heavy atom. The van der Waals surface area contributed by atoms with E-state index in [0.29, 0.717) is 5.02 Å². The number of likely N-dealkylation sites (N-methyl/N-ethyl adjacent to an activating group) is 1. The zero-order valence-corrected chi connectivity index (χ0v) is 13.4. The Morgan fingerprint density at radius 2 is 1.87 bits per heavy atom. The van der Waals surface area contributed by atoms with Gasteiger partial charge in [0.1, 0.15) is 5.82 Å². The summed E-state index contributed by atoms with van der Waals surface area (Å²) in [6.07, 6.45) is -1.14. The summed E-state index contributed by atoms with van der Waals surface area (Å²) in [6, 6.07) is 11.4. The maximum Gasteiger partial charge on any atom is 0.185 e. The maximum atomic E-state index is 13.6. The third-order valence-corrected chi connectivity index (χ3v) is 3.84. The smallest absolute Gasteiger partial charge is 0.185 e. The number of benzene rings is 2. The molecular formula is C17H18ClFN2O2. The van der Waals surface area contributed by atoms with Gasteiger partial charge >= 0.3 is 0 Å². The summed E-state index contributed by atoms with van der Waals surface area (Å²) in [7, 11) is 1.76. The van der Waals surface area contributed by atoms with Gasteiger partial charge in [-0.05, 0) is 36.4 Å². The van der Waals surface area contributed by atoms with Gasteiger partial charge in [0.2, 0.25) is 0 Å². The molecule has 0 aromatic heterocycles. The average molecular weight is 337 g/mol. The second-order valence-electron chi connectivity index (χ2n) is 5.29. The van der Waals surface area contributed by atoms with Gasteiger partial charge in [-0.25, -0.2) is 4.39 Å². The summed E-state index contributed by atoms with van der Waals surface area (Å²) < 4.78 is 13.6. The standard InChI is InChI=1S/C17H18ClFN2O2/c1-21(12-8-6-11(18)7-9-12)10-15(22)16(20)17(23)13-4-2-3-5-14(13)19/h2-9,15-16,22H,10,20H2,1H3. The molecular weight excluding hydrogens is 319 g/mol. The molecule has 0 amide bonds. The lowest BCUT2D eigenvalue weighted by molar-refractivity contribution is 0.0826. The Morgan fingerprint density at radius 1 is 1.26 bits per heavy atom. The molecule has 0 bridgehead atoms. The van der Waals surface area contributed by atoms with Crippen LogP contribution in [0.3, 0.4) is 0 Å². The first-order valence-corrected chi connectivity index (χ1v) is 7.47. The van der Waals surface area contributed by atoms with E-state index in [2.05, 4.69) is 0 Å². The largest absolute Gasteiger partial charge is 0.389 e. The molecule has 2 unspecified atom stereocenters. The van der Waals surface area contributed by atoms with Gasteiger partial charge in [0.25, 0.3) is 0 Å². The minimum absolute atomic E-state index is 0.117. The quantitative estimate of drug-likeness (QED) is 0.795. The number of carbonyl (C=O) groups is 1. The van der Waals surface area contributed by atoms with Gasteiger partial charge in [-0.15, -0.1) is 0 Å². The van der Waals surface area contributed by atoms with Gasteiger partial charge in [0, 0.05) is 24.3 Å². The zero-order valence-electron chi connectivity index (χ0n) is 12.6. The lowest BCUT2D eigenvalue weighted by atomic mass is 9.99. The van der Waals surface area contributed by atoms with Crippen molar-refractivity contribution in [2.45, 2.75) is 12.1 Å². The molecule has 0 aliphatic heterocycles. The Hall–Kier alpha value is -1.95. The fourth-order valence-corrected chi connectivity index (χ4v) is 2.34. The van der Waals surface area contributed by atoms with Crippen LogP contribution in [0, 0.1) is 5.82 Å². The van der Waals surface area contributed by atoms with Crippen molar-refractivity contribution in [3.8, 4) is 0 Å². The molecule has 2 aromatic carbocycles. The predicted octanol–water partition coefficient (Wildman–Crippen LogP) is 2.49. The van der Waals surface area contributed by atoms with Crippen molar-refractivity contribution in [1.82, 2.24) is 0 Å². The second-order valence-corrected chi connectivity index (χ2v) is 5.73. The number of Topliss-reactive ketones (excluding diaryl/α,β-unsaturated/α-hetero) is 1. The van der Waals surface area contributed by atoms with Crippen LogP contribution >= 0.6 is 11.6 Å². The fourth-order valence-electron chi connectivity index (χ4n) is 2.21. The zero-order chi connectivity index (χ0) is 17.0. The fraction of sp³-hybridized carbons (Fsp3) is 0.235. The molecule has 2 rings (SSSR count). The normalized spacial score (nSPS) is 13.4. The molecule has 0 aliphatic carbocycles. The van der Waals surface area contributed by atoms with Crippen molar-refractivity contribution in [2.24, 2.45) is 5.73 Å². The van der Waals surface area contributed by atoms with Crippen molar-refractivity contribution in [1.29, 1.82) is 0 Å². The number of aliphatic hydroxyl groups is 1. The van der Waals surface area contributed by atoms with Crippen LogP contribution in [0.25, 0.3) is 0 Å². The lowest BCUT2D eigenvalue weighted by Crippen LogP contribution is -2.47. The molecule has 0 spiro atoms. The molecule has 0 radical (unpaired) electrons. The topological polar surface area (TPSA) is 66.6 Å². The Balaban J connectivity index is 2.04. The molecule has 0 saturated carbocycles. The van der Waals surface area contributed by atoms with E-state index in [9.17, 15) is 14.3 Å². The molecule has 6 heteroatoms. The molecule has 122 valence electrons. The lowest BCUT2D eigenvalue weighted by Gasteiger charge is -2.25. The van der Waals surface area contributed by atoms with Crippen LogP contribution in [0.5, 0.6) is 0 Å². The molecule has 4 nitrogen and oxygen atoms in total. The van der Waals surface area contributed by atoms with E-state index in [-0.39, 0.29) is 12.1 Å². The van der Waals surface area contributed by atoms with E-state index < -0.39 is 23.7 Å². The van der Waals surface area contributed by atoms with Crippen LogP contribution in [-0.4, -0.2) is 36.6 Å². The number of hydrogen-bond donors (Lipinski definition) is 2. The van der Waals surface area contributed by atoms with Crippen LogP contribution in [0.1, 0.15) is 10.4 Å². The van der Waals surface area contributed by atoms with Gasteiger partial charge < -0.3 is 15.7 Å². The number of halogens is 2. The summed E-state index contributed by atoms with van der Waals surface area (Å²) in [4.78, 5) is 14.0. The summed E-state index contributed by atoms with van der Waals surface area (Å²) >= 11 is 5.83. The average Bonchev–Trinajstić information content (AvgIpc) is 2.54. The third kappa shape index (κ3) is 4.28. The van der Waals surface area contributed by atoms with E-state index in [1.165, 1.54) is 18.2 Å². The number of nitrogens with zero attached hydrogens (tertiary/aromatic N) is 1. The van der Waals surface area contributed by atoms with Crippen molar-refractivity contribution >= 4 is 23.1 Å². The molecule has 2 aromatic rings. The van der Waals surface area contributed by atoms with Crippen molar-refractivity contribution in [2.75, 3.05) is 18.5 Å². The second kappa shape index (κ2) is 7.55. The van der Waals surface area contributed by atoms with Crippen molar-refractivity contribution in [3.63, 3.8) is 0 Å². The van der Waals surface area contributed by atoms with Crippen LogP contribution in [0.4, 0.5) is 10.1 Å². The highest BCUT2D eigenvalue weighted by Gasteiger charge is 2.26. The Kier molecular flexibility index (Phi) is 5.71. The minimum atomic E-state index is -1.21. The van der Waals surface area contributed by atoms with E-state index in [0.717, 1.165) is 5.69 Å². The van der Waals surface area contributed by atoms with Crippen molar-refractivity contribution < 1.29 is 14.3 Å². The number of aliphatic hydroxyl groups excluding tert-OH is 1. The van der Waals surface area contributed by atoms with Gasteiger partial charge in [0.15, 0.2) is 5.78 Å². The van der Waals surface area contributed by atoms with Crippen molar-refractivity contribution in [3.05, 3.63) is 64.9 Å². The molecule has 2 atom stereocenters. The van der Waals surface area contributed by atoms with E-state index in [1.54, 1.807) is 42.3 Å². The maximum absolute atomic E-state index is 13.6. The molecule has 0 heterocycles. The summed E-state index contributed by atoms with van der Waals surface area (Å²) in [5, 5.41) is 10.8. The highest BCUT2D eigenvalue weighted by atomic mass is 35.5. The molecule has 0 aliphatic rings. The highest BCUT2D eigenvalue weighted by molar-refractivity contribution is 6.30. The van der Waals surface area contributed by atoms with Gasteiger partial charge in [-0.3, -0.25) is 4.79 Å². The van der Waals surface area contributed by atoms with Crippen LogP contribution in [0.15, 0.2) is 48.5 Å². The molecule has 3 N–H and O–H groups in total. The Bertz CT molecular complexity index is 679. The summed E-state index contributed by atoms with van der Waals surface area (Å²) in [5.41, 5.74) is 6.50. The third-order valence-electron chi connectivity index (χ3n) is 3.58. The number of hydrogen-bond acceptors (Lipinski definition) is 4. The van der Waals surface area contributed by atoms with E-state index in [1.807, 2.05) is 0 Å². The minimum Gasteiger partial charge on any atom is -0.389 e. The number of rotatable bonds is 6. The number of nitrogens with two attached hydrogens (primary N) is 1. The van der Waals surface area contributed by atoms with Crippen LogP contribution in [0.2, 0.25) is 5.02 Å². The van der Waals surface area contributed by atoms with Crippen LogP contribution in [-0.2, 0) is 0 Å². The van der Waals surface area contributed by atoms with Gasteiger partial charge in [-0.1, -0.05) is 23.7 Å². The molecule has 0 fully saturated rings. The number of ketones is 1. The first kappa shape index (κ1) is 17.4. The van der Waals surface area contributed by atoms with Gasteiger partial charge in [-0.2, -0.15) is 0 Å². The first-order chi connectivity index (χ1) is 10.9. The first-order valence-electron chi connectivity index (χ1n) is 7.09. The Labute approximate surface area is 139 Å².